The van der Waals surface area contributed by atoms with Gasteiger partial charge in [-0.1, -0.05) is 51.5 Å². The van der Waals surface area contributed by atoms with Crippen molar-refractivity contribution in [2.24, 2.45) is 0 Å². The first kappa shape index (κ1) is 28.1. The molecule has 0 bridgehead atoms. The average molecular weight is 435 g/mol. The molecule has 158 valence electrons. The van der Waals surface area contributed by atoms with Crippen LogP contribution in [0.25, 0.3) is 0 Å². The third kappa shape index (κ3) is 13.9. The largest absolute Gasteiger partial charge is 1.00 e. The van der Waals surface area contributed by atoms with Crippen LogP contribution < -0.4 is 34.3 Å². The summed E-state index contributed by atoms with van der Waals surface area (Å²) < 4.78 is 43.1. The van der Waals surface area contributed by atoms with Crippen LogP contribution in [0.3, 0.4) is 0 Å². The van der Waals surface area contributed by atoms with E-state index in [1.807, 2.05) is 0 Å². The number of esters is 1. The van der Waals surface area contributed by atoms with E-state index in [0.717, 1.165) is 38.5 Å². The smallest absolute Gasteiger partial charge is 0.744 e. The minimum atomic E-state index is -4.40. The van der Waals surface area contributed by atoms with Crippen molar-refractivity contribution in [2.75, 3.05) is 13.2 Å². The zero-order valence-corrected chi connectivity index (χ0v) is 20.5. The molecule has 6 nitrogen and oxygen atoms in total. The van der Waals surface area contributed by atoms with E-state index in [1.165, 1.54) is 43.5 Å². The minimum absolute atomic E-state index is 0. The Kier molecular flexibility index (Phi) is 15.4. The van der Waals surface area contributed by atoms with Crippen molar-refractivity contribution in [1.82, 2.24) is 0 Å². The average Bonchev–Trinajstić information content (AvgIpc) is 2.64. The van der Waals surface area contributed by atoms with Crippen LogP contribution in [0, 0.1) is 0 Å². The molecule has 0 aromatic heterocycles. The summed E-state index contributed by atoms with van der Waals surface area (Å²) in [4.78, 5) is 10.9. The van der Waals surface area contributed by atoms with Gasteiger partial charge < -0.3 is 14.0 Å². The fraction of sp³-hybridized carbons (Fsp3) is 0.571. The molecule has 1 aromatic rings. The van der Waals surface area contributed by atoms with Gasteiger partial charge in [-0.25, -0.2) is 13.2 Å². The van der Waals surface area contributed by atoms with Gasteiger partial charge in [0.05, 0.1) is 18.1 Å². The van der Waals surface area contributed by atoms with E-state index in [2.05, 4.69) is 6.58 Å². The Morgan fingerprint density at radius 3 is 1.79 bits per heavy atom. The summed E-state index contributed by atoms with van der Waals surface area (Å²) >= 11 is 0. The van der Waals surface area contributed by atoms with E-state index in [0.29, 0.717) is 24.5 Å². The Labute approximate surface area is 197 Å². The number of unbranched alkanes of at least 4 members (excludes halogenated alkanes) is 8. The molecule has 29 heavy (non-hydrogen) atoms. The summed E-state index contributed by atoms with van der Waals surface area (Å²) in [5, 5.41) is 0. The van der Waals surface area contributed by atoms with Crippen molar-refractivity contribution in [3.63, 3.8) is 0 Å². The molecule has 0 saturated heterocycles. The van der Waals surface area contributed by atoms with Gasteiger partial charge in [-0.2, -0.15) is 0 Å². The molecule has 1 aromatic carbocycles. The number of carbonyl (C=O) groups is 1. The van der Waals surface area contributed by atoms with E-state index in [-0.39, 0.29) is 40.4 Å². The summed E-state index contributed by atoms with van der Waals surface area (Å²) in [6.07, 6.45) is 9.91. The Bertz CT molecular complexity index is 700. The molecule has 0 amide bonds. The minimum Gasteiger partial charge on any atom is -0.744 e. The van der Waals surface area contributed by atoms with Crippen LogP contribution in [0.4, 0.5) is 0 Å². The van der Waals surface area contributed by atoms with Crippen molar-refractivity contribution in [3.8, 4) is 5.75 Å². The first-order valence-electron chi connectivity index (χ1n) is 9.82. The predicted molar refractivity (Wildman–Crippen MR) is 107 cm³/mol. The van der Waals surface area contributed by atoms with E-state index in [1.54, 1.807) is 6.92 Å². The summed E-state index contributed by atoms with van der Waals surface area (Å²) in [6, 6.07) is 5.54. The monoisotopic (exact) mass is 434 g/mol. The standard InChI is InChI=1S/C21H32O6S.Na/c1-18(2)21(22)27-17-11-9-7-5-3-4-6-8-10-16-26-19-12-14-20(15-13-19)28(23,24)25;/h12-15H,1,3-11,16-17H2,2H3,(H,23,24,25);/q;+1/p-1. The number of hydrogen-bond donors (Lipinski definition) is 0. The fourth-order valence-electron chi connectivity index (χ4n) is 2.62. The quantitative estimate of drug-likeness (QED) is 0.137. The van der Waals surface area contributed by atoms with Crippen LogP contribution in [0.5, 0.6) is 5.75 Å². The fourth-order valence-corrected chi connectivity index (χ4v) is 3.09. The summed E-state index contributed by atoms with van der Waals surface area (Å²) in [7, 11) is -4.40. The van der Waals surface area contributed by atoms with Gasteiger partial charge in [-0.3, -0.25) is 0 Å². The predicted octanol–water partition coefficient (Wildman–Crippen LogP) is 1.60. The Morgan fingerprint density at radius 2 is 1.34 bits per heavy atom. The van der Waals surface area contributed by atoms with Crippen molar-refractivity contribution in [3.05, 3.63) is 36.4 Å². The summed E-state index contributed by atoms with van der Waals surface area (Å²) in [6.45, 7) is 6.24. The van der Waals surface area contributed by atoms with E-state index in [9.17, 15) is 17.8 Å². The van der Waals surface area contributed by atoms with Crippen LogP contribution in [0.1, 0.15) is 64.7 Å². The molecule has 0 radical (unpaired) electrons. The van der Waals surface area contributed by atoms with E-state index >= 15 is 0 Å². The third-order valence-corrected chi connectivity index (χ3v) is 5.10. The van der Waals surface area contributed by atoms with Crippen molar-refractivity contribution in [2.45, 2.75) is 69.6 Å². The van der Waals surface area contributed by atoms with Gasteiger partial charge in [0, 0.05) is 5.57 Å². The maximum atomic E-state index is 11.2. The number of ether oxygens (including phenoxy) is 2. The second-order valence-electron chi connectivity index (χ2n) is 6.87. The maximum Gasteiger partial charge on any atom is 1.00 e. The molecule has 0 aliphatic carbocycles. The maximum absolute atomic E-state index is 11.2. The van der Waals surface area contributed by atoms with Gasteiger partial charge in [0.2, 0.25) is 0 Å². The van der Waals surface area contributed by atoms with Gasteiger partial charge in [0.1, 0.15) is 15.9 Å². The zero-order valence-electron chi connectivity index (χ0n) is 17.7. The second kappa shape index (κ2) is 15.9. The summed E-state index contributed by atoms with van der Waals surface area (Å²) in [5.74, 6) is 0.262. The first-order chi connectivity index (χ1) is 13.3. The van der Waals surface area contributed by atoms with Crippen LogP contribution in [-0.2, 0) is 19.6 Å². The Morgan fingerprint density at radius 1 is 0.897 bits per heavy atom. The van der Waals surface area contributed by atoms with Crippen LogP contribution in [0.15, 0.2) is 41.3 Å². The SMILES string of the molecule is C=C(C)C(=O)OCCCCCCCCCCCOc1ccc(S(=O)(=O)[O-])cc1.[Na+]. The van der Waals surface area contributed by atoms with Gasteiger partial charge in [0.25, 0.3) is 0 Å². The van der Waals surface area contributed by atoms with E-state index in [4.69, 9.17) is 9.47 Å². The van der Waals surface area contributed by atoms with Gasteiger partial charge in [-0.05, 0) is 44.0 Å². The molecular formula is C21H31NaO6S. The number of rotatable bonds is 15. The molecule has 0 fully saturated rings. The molecule has 0 aliphatic rings. The first-order valence-corrected chi connectivity index (χ1v) is 11.2. The van der Waals surface area contributed by atoms with E-state index < -0.39 is 10.1 Å². The van der Waals surface area contributed by atoms with Gasteiger partial charge in [-0.15, -0.1) is 0 Å². The molecule has 0 unspecified atom stereocenters. The summed E-state index contributed by atoms with van der Waals surface area (Å²) in [5.41, 5.74) is 0.443. The second-order valence-corrected chi connectivity index (χ2v) is 8.25. The number of carbonyl (C=O) groups excluding carboxylic acids is 1. The Balaban J connectivity index is 0.00000784. The molecule has 0 atom stereocenters. The van der Waals surface area contributed by atoms with Crippen molar-refractivity contribution in [1.29, 1.82) is 0 Å². The molecule has 1 rings (SSSR count). The molecule has 0 heterocycles. The topological polar surface area (TPSA) is 92.7 Å². The molecule has 0 saturated carbocycles. The molecule has 0 N–H and O–H groups in total. The molecule has 0 aliphatic heterocycles. The van der Waals surface area contributed by atoms with Gasteiger partial charge in [0.15, 0.2) is 0 Å². The van der Waals surface area contributed by atoms with Gasteiger partial charge >= 0.3 is 35.5 Å². The Hall–Kier alpha value is -0.860. The molecule has 0 spiro atoms. The normalized spacial score (nSPS) is 10.8. The number of benzene rings is 1. The number of hydrogen-bond acceptors (Lipinski definition) is 6. The van der Waals surface area contributed by atoms with Crippen molar-refractivity contribution < 1.29 is 56.8 Å². The zero-order chi connectivity index (χ0) is 20.8. The molecular weight excluding hydrogens is 403 g/mol. The van der Waals surface area contributed by atoms with Crippen molar-refractivity contribution >= 4 is 16.1 Å². The molecule has 8 heteroatoms. The van der Waals surface area contributed by atoms with Crippen LogP contribution >= 0.6 is 0 Å². The van der Waals surface area contributed by atoms with Crippen LogP contribution in [0.2, 0.25) is 0 Å². The van der Waals surface area contributed by atoms with Crippen LogP contribution in [-0.4, -0.2) is 32.2 Å². The third-order valence-electron chi connectivity index (χ3n) is 4.25.